The molecule has 0 bridgehead atoms. The third-order valence-corrected chi connectivity index (χ3v) is 3.55. The number of nitrogens with two attached hydrogens (primary N) is 1. The van der Waals surface area contributed by atoms with Crippen LogP contribution < -0.4 is 11.1 Å². The van der Waals surface area contributed by atoms with Crippen molar-refractivity contribution in [1.82, 2.24) is 0 Å². The number of carbonyl (C=O) groups is 1. The van der Waals surface area contributed by atoms with Gasteiger partial charge in [0, 0.05) is 5.56 Å². The fraction of sp³-hybridized carbons (Fsp3) is 0. The van der Waals surface area contributed by atoms with Gasteiger partial charge >= 0.3 is 0 Å². The van der Waals surface area contributed by atoms with Gasteiger partial charge in [0.05, 0.1) is 26.4 Å². The van der Waals surface area contributed by atoms with E-state index in [0.717, 1.165) is 6.07 Å². The molecule has 0 radical (unpaired) electrons. The molecule has 2 rings (SSSR count). The van der Waals surface area contributed by atoms with Crippen LogP contribution in [0.5, 0.6) is 0 Å². The summed E-state index contributed by atoms with van der Waals surface area (Å²) in [6.45, 7) is 0. The van der Waals surface area contributed by atoms with Crippen molar-refractivity contribution in [1.29, 1.82) is 0 Å². The van der Waals surface area contributed by atoms with Gasteiger partial charge in [0.15, 0.2) is 0 Å². The van der Waals surface area contributed by atoms with Gasteiger partial charge in [-0.15, -0.1) is 0 Å². The van der Waals surface area contributed by atoms with Crippen molar-refractivity contribution in [3.8, 4) is 0 Å². The maximum atomic E-state index is 13.0. The molecule has 7 heteroatoms. The predicted molar refractivity (Wildman–Crippen MR) is 80.2 cm³/mol. The highest BCUT2D eigenvalue weighted by Crippen LogP contribution is 2.32. The lowest BCUT2D eigenvalue weighted by Crippen LogP contribution is -2.13. The van der Waals surface area contributed by atoms with Crippen LogP contribution in [0.15, 0.2) is 30.3 Å². The molecule has 0 unspecified atom stereocenters. The first-order valence-electron chi connectivity index (χ1n) is 5.39. The van der Waals surface area contributed by atoms with Gasteiger partial charge in [-0.3, -0.25) is 4.79 Å². The summed E-state index contributed by atoms with van der Waals surface area (Å²) in [5.41, 5.74) is 5.79. The Morgan fingerprint density at radius 2 is 1.70 bits per heavy atom. The van der Waals surface area contributed by atoms with Crippen LogP contribution in [0.25, 0.3) is 0 Å². The van der Waals surface area contributed by atoms with Crippen molar-refractivity contribution in [2.24, 2.45) is 0 Å². The van der Waals surface area contributed by atoms with Gasteiger partial charge in [-0.2, -0.15) is 0 Å². The van der Waals surface area contributed by atoms with Gasteiger partial charge in [0.2, 0.25) is 0 Å². The van der Waals surface area contributed by atoms with Crippen molar-refractivity contribution in [2.75, 3.05) is 11.1 Å². The zero-order valence-electron chi connectivity index (χ0n) is 9.88. The zero-order chi connectivity index (χ0) is 14.9. The Hall–Kier alpha value is -1.49. The zero-order valence-corrected chi connectivity index (χ0v) is 12.2. The first-order chi connectivity index (χ1) is 9.38. The van der Waals surface area contributed by atoms with E-state index < -0.39 is 11.7 Å². The standard InChI is InChI=1S/C13H8Cl3FN2O/c14-7-4-9(16)12(5-8(7)15)19-13(20)6-1-2-10(17)11(18)3-6/h1-5H,18H2,(H,19,20). The van der Waals surface area contributed by atoms with Crippen molar-refractivity contribution in [3.63, 3.8) is 0 Å². The lowest BCUT2D eigenvalue weighted by molar-refractivity contribution is 0.102. The highest BCUT2D eigenvalue weighted by atomic mass is 35.5. The molecular weight excluding hydrogens is 326 g/mol. The number of carbonyl (C=O) groups excluding carboxylic acids is 1. The Morgan fingerprint density at radius 1 is 1.05 bits per heavy atom. The van der Waals surface area contributed by atoms with Crippen LogP contribution in [0.2, 0.25) is 15.1 Å². The van der Waals surface area contributed by atoms with Gasteiger partial charge < -0.3 is 11.1 Å². The molecule has 0 aliphatic carbocycles. The Labute approximate surface area is 129 Å². The van der Waals surface area contributed by atoms with E-state index in [9.17, 15) is 9.18 Å². The third kappa shape index (κ3) is 3.15. The summed E-state index contributed by atoms with van der Waals surface area (Å²) >= 11 is 17.6. The van der Waals surface area contributed by atoms with Crippen molar-refractivity contribution >= 4 is 52.1 Å². The molecular formula is C13H8Cl3FN2O. The minimum atomic E-state index is -0.589. The highest BCUT2D eigenvalue weighted by molar-refractivity contribution is 6.44. The molecule has 0 heterocycles. The molecule has 104 valence electrons. The van der Waals surface area contributed by atoms with E-state index in [-0.39, 0.29) is 26.3 Å². The molecule has 0 fully saturated rings. The Kier molecular flexibility index (Phi) is 4.38. The molecule has 0 saturated carbocycles. The largest absolute Gasteiger partial charge is 0.396 e. The number of nitrogens with one attached hydrogen (secondary N) is 1. The van der Waals surface area contributed by atoms with Crippen LogP contribution in [-0.4, -0.2) is 5.91 Å². The first-order valence-corrected chi connectivity index (χ1v) is 6.53. The lowest BCUT2D eigenvalue weighted by atomic mass is 10.2. The number of hydrogen-bond acceptors (Lipinski definition) is 2. The van der Waals surface area contributed by atoms with Gasteiger partial charge in [0.25, 0.3) is 5.91 Å². The van der Waals surface area contributed by atoms with Crippen LogP contribution in [-0.2, 0) is 0 Å². The van der Waals surface area contributed by atoms with Gasteiger partial charge in [-0.25, -0.2) is 4.39 Å². The minimum Gasteiger partial charge on any atom is -0.396 e. The van der Waals surface area contributed by atoms with E-state index in [4.69, 9.17) is 40.5 Å². The van der Waals surface area contributed by atoms with Crippen molar-refractivity contribution in [3.05, 3.63) is 56.8 Å². The highest BCUT2D eigenvalue weighted by Gasteiger charge is 2.12. The summed E-state index contributed by atoms with van der Waals surface area (Å²) in [6, 6.07) is 6.50. The Balaban J connectivity index is 2.27. The number of benzene rings is 2. The summed E-state index contributed by atoms with van der Waals surface area (Å²) in [7, 11) is 0. The number of nitrogen functional groups attached to an aromatic ring is 1. The molecule has 0 spiro atoms. The summed E-state index contributed by atoms with van der Waals surface area (Å²) < 4.78 is 13.0. The molecule has 3 nitrogen and oxygen atoms in total. The van der Waals surface area contributed by atoms with Crippen LogP contribution in [0.4, 0.5) is 15.8 Å². The molecule has 3 N–H and O–H groups in total. The maximum absolute atomic E-state index is 13.0. The van der Waals surface area contributed by atoms with Crippen LogP contribution in [0.1, 0.15) is 10.4 Å². The molecule has 0 aromatic heterocycles. The summed E-state index contributed by atoms with van der Waals surface area (Å²) in [5.74, 6) is -1.08. The average molecular weight is 334 g/mol. The summed E-state index contributed by atoms with van der Waals surface area (Å²) in [4.78, 5) is 12.0. The second-order valence-corrected chi connectivity index (χ2v) is 5.16. The molecule has 0 aliphatic rings. The number of rotatable bonds is 2. The van der Waals surface area contributed by atoms with Crippen LogP contribution in [0.3, 0.4) is 0 Å². The Morgan fingerprint density at radius 3 is 2.35 bits per heavy atom. The quantitative estimate of drug-likeness (QED) is 0.622. The topological polar surface area (TPSA) is 55.1 Å². The minimum absolute atomic E-state index is 0.113. The average Bonchev–Trinajstić information content (AvgIpc) is 2.39. The molecule has 1 amide bonds. The fourth-order valence-corrected chi connectivity index (χ4v) is 2.09. The monoisotopic (exact) mass is 332 g/mol. The first kappa shape index (κ1) is 14.9. The molecule has 20 heavy (non-hydrogen) atoms. The van der Waals surface area contributed by atoms with E-state index in [1.54, 1.807) is 0 Å². The van der Waals surface area contributed by atoms with Gasteiger partial charge in [-0.05, 0) is 30.3 Å². The number of halogens is 4. The second-order valence-electron chi connectivity index (χ2n) is 3.94. The van der Waals surface area contributed by atoms with Crippen molar-refractivity contribution < 1.29 is 9.18 Å². The van der Waals surface area contributed by atoms with E-state index in [1.165, 1.54) is 24.3 Å². The second kappa shape index (κ2) is 5.87. The normalized spacial score (nSPS) is 10.4. The number of anilines is 2. The lowest BCUT2D eigenvalue weighted by Gasteiger charge is -2.09. The molecule has 0 aliphatic heterocycles. The predicted octanol–water partition coefficient (Wildman–Crippen LogP) is 4.62. The number of hydrogen-bond donors (Lipinski definition) is 2. The van der Waals surface area contributed by atoms with Gasteiger partial charge in [0.1, 0.15) is 5.82 Å². The summed E-state index contributed by atoms with van der Waals surface area (Å²) in [5, 5.41) is 3.32. The van der Waals surface area contributed by atoms with E-state index in [0.29, 0.717) is 5.69 Å². The molecule has 0 saturated heterocycles. The fourth-order valence-electron chi connectivity index (χ4n) is 1.50. The van der Waals surface area contributed by atoms with E-state index in [1.807, 2.05) is 0 Å². The Bertz CT molecular complexity index is 692. The smallest absolute Gasteiger partial charge is 0.255 e. The SMILES string of the molecule is Nc1cc(C(=O)Nc2cc(Cl)c(Cl)cc2Cl)ccc1F. The van der Waals surface area contributed by atoms with Crippen LogP contribution in [0, 0.1) is 5.82 Å². The molecule has 0 atom stereocenters. The van der Waals surface area contributed by atoms with Gasteiger partial charge in [-0.1, -0.05) is 34.8 Å². The molecule has 2 aromatic rings. The van der Waals surface area contributed by atoms with E-state index >= 15 is 0 Å². The maximum Gasteiger partial charge on any atom is 0.255 e. The van der Waals surface area contributed by atoms with Crippen molar-refractivity contribution in [2.45, 2.75) is 0 Å². The van der Waals surface area contributed by atoms with Crippen LogP contribution >= 0.6 is 34.8 Å². The number of amides is 1. The third-order valence-electron chi connectivity index (χ3n) is 2.52. The molecule has 2 aromatic carbocycles. The summed E-state index contributed by atoms with van der Waals surface area (Å²) in [6.07, 6.45) is 0. The van der Waals surface area contributed by atoms with E-state index in [2.05, 4.69) is 5.32 Å².